The molecule has 6 aromatic rings. The number of β-amino-alcohol motifs (C(OH)–C–C–N with tert-alkyl or cyclic N) is 1. The zero-order valence-corrected chi connectivity index (χ0v) is 50.8. The van der Waals surface area contributed by atoms with Crippen LogP contribution in [-0.2, 0) is 38.1 Å². The summed E-state index contributed by atoms with van der Waals surface area (Å²) < 4.78 is 39.6. The lowest BCUT2D eigenvalue weighted by atomic mass is 9.85. The maximum absolute atomic E-state index is 17.0. The van der Waals surface area contributed by atoms with Gasteiger partial charge in [-0.25, -0.2) is 14.4 Å². The number of aromatic nitrogens is 3. The molecule has 8 rings (SSSR count). The third-order valence-corrected chi connectivity index (χ3v) is 16.3. The minimum absolute atomic E-state index is 0.0207. The van der Waals surface area contributed by atoms with E-state index in [0.717, 1.165) is 45.4 Å². The molecule has 2 aromatic heterocycles. The molecule has 456 valence electrons. The van der Waals surface area contributed by atoms with Gasteiger partial charge in [-0.2, -0.15) is 4.98 Å². The topological polar surface area (TPSA) is 233 Å². The number of benzene rings is 4. The second kappa shape index (κ2) is 30.0. The zero-order chi connectivity index (χ0) is 60.8. The fourth-order valence-corrected chi connectivity index (χ4v) is 11.5. The SMILES string of the molecule is C=CC(=O)N1CCN(c2nc(NCCCN(C)CCOCCOCCOCCOCC(=O)N[C@H](C(=O)N3C[C@H](O)C[C@H]3C(=O)N[C@@H](C)c3ccc(-c4scnc4C)cc3)C(C)(C)C)nc3c(F)c(-c4cc(O)cc5ccccc45)c(Cl)cc23)CC1. The number of thiazole rings is 1. The second-order valence-corrected chi connectivity index (χ2v) is 23.7. The number of fused-ring (bicyclic) bond motifs is 2. The summed E-state index contributed by atoms with van der Waals surface area (Å²) in [5, 5.41) is 32.4. The number of halogens is 2. The number of anilines is 2. The molecule has 0 bridgehead atoms. The fraction of sp³-hybridized carbons (Fsp3) is 0.468. The monoisotopic (exact) mass is 1210 g/mol. The van der Waals surface area contributed by atoms with Crippen LogP contribution in [0.3, 0.4) is 0 Å². The van der Waals surface area contributed by atoms with Crippen LogP contribution in [0.25, 0.3) is 43.2 Å². The van der Waals surface area contributed by atoms with Crippen molar-refractivity contribution in [1.82, 2.24) is 40.3 Å². The Morgan fingerprint density at radius 1 is 0.906 bits per heavy atom. The van der Waals surface area contributed by atoms with Gasteiger partial charge in [0.05, 0.1) is 79.5 Å². The number of carbonyl (C=O) groups is 4. The van der Waals surface area contributed by atoms with Gasteiger partial charge in [0.2, 0.25) is 29.6 Å². The first-order valence-corrected chi connectivity index (χ1v) is 30.0. The van der Waals surface area contributed by atoms with Crippen LogP contribution in [0.2, 0.25) is 5.02 Å². The van der Waals surface area contributed by atoms with Crippen LogP contribution in [0, 0.1) is 18.2 Å². The molecule has 5 N–H and O–H groups in total. The van der Waals surface area contributed by atoms with E-state index in [9.17, 15) is 29.4 Å². The van der Waals surface area contributed by atoms with E-state index in [1.165, 1.54) is 17.0 Å². The number of amides is 4. The number of aromatic hydroxyl groups is 1. The lowest BCUT2D eigenvalue weighted by Gasteiger charge is -2.35. The molecule has 2 aliphatic rings. The Kier molecular flexibility index (Phi) is 22.6. The van der Waals surface area contributed by atoms with Crippen LogP contribution in [0.1, 0.15) is 57.8 Å². The van der Waals surface area contributed by atoms with Crippen molar-refractivity contribution in [2.45, 2.75) is 71.7 Å². The number of hydrogen-bond acceptors (Lipinski definition) is 17. The summed E-state index contributed by atoms with van der Waals surface area (Å²) in [6.45, 7) is 18.5. The summed E-state index contributed by atoms with van der Waals surface area (Å²) in [5.41, 5.74) is 4.61. The van der Waals surface area contributed by atoms with Gasteiger partial charge in [-0.1, -0.05) is 87.5 Å². The van der Waals surface area contributed by atoms with Gasteiger partial charge >= 0.3 is 0 Å². The number of aliphatic hydroxyl groups is 1. The number of likely N-dealkylation sites (tertiary alicyclic amines) is 1. The molecule has 0 unspecified atom stereocenters. The molecule has 0 radical (unpaired) electrons. The van der Waals surface area contributed by atoms with Crippen LogP contribution in [-0.4, -0.2) is 194 Å². The smallest absolute Gasteiger partial charge is 0.246 e. The normalized spacial score (nSPS) is 16.3. The van der Waals surface area contributed by atoms with Crippen LogP contribution in [0.4, 0.5) is 16.2 Å². The number of piperazine rings is 1. The Balaban J connectivity index is 0.704. The molecule has 4 aromatic carbocycles. The number of aryl methyl sites for hydroxylation is 1. The van der Waals surface area contributed by atoms with Gasteiger partial charge in [0.15, 0.2) is 5.82 Å². The minimum atomic E-state index is -0.990. The molecular weight excluding hydrogens is 1130 g/mol. The number of carbonyl (C=O) groups excluding carboxylic acids is 4. The first-order valence-electron chi connectivity index (χ1n) is 28.7. The first kappa shape index (κ1) is 64.1. The maximum Gasteiger partial charge on any atom is 0.246 e. The van der Waals surface area contributed by atoms with E-state index in [1.807, 2.05) is 101 Å². The molecule has 2 aliphatic heterocycles. The van der Waals surface area contributed by atoms with Crippen molar-refractivity contribution in [3.63, 3.8) is 0 Å². The van der Waals surface area contributed by atoms with E-state index in [0.29, 0.717) is 89.1 Å². The maximum atomic E-state index is 17.0. The van der Waals surface area contributed by atoms with Gasteiger partial charge in [-0.15, -0.1) is 11.3 Å². The predicted octanol–water partition coefficient (Wildman–Crippen LogP) is 7.38. The Labute approximate surface area is 504 Å². The number of nitrogens with zero attached hydrogens (tertiary/aromatic N) is 7. The number of aliphatic hydroxyl groups excluding tert-OH is 1. The standard InChI is InChI=1S/C62H78ClFN10O10S/c1-8-52(78)72-20-22-73(23-21-72)58-48-35-49(63)53(47-33-44(75)32-43-12-9-10-13-46(43)47)54(64)55(48)69-61(70-58)65-18-11-19-71(7)24-25-81-26-27-82-28-29-83-30-31-84-37-51(77)68-57(62(4,5)6)60(80)74-36-45(76)34-50(74)59(79)67-39(2)41-14-16-42(17-15-41)56-40(3)66-38-85-56/h8-10,12-17,32-33,35,38-39,45,50,57,75-76H,1,11,18-31,34,36-37H2,2-7H3,(H,67,79)(H,68,77)(H,65,69,70)/t39-,45+,50-,57+/m0/s1. The number of nitrogens with one attached hydrogen (secondary N) is 3. The second-order valence-electron chi connectivity index (χ2n) is 22.4. The lowest BCUT2D eigenvalue weighted by molar-refractivity contribution is -0.144. The summed E-state index contributed by atoms with van der Waals surface area (Å²) in [7, 11) is 2.00. The van der Waals surface area contributed by atoms with Crippen LogP contribution < -0.4 is 20.9 Å². The van der Waals surface area contributed by atoms with Crippen LogP contribution in [0.15, 0.2) is 84.9 Å². The van der Waals surface area contributed by atoms with E-state index in [-0.39, 0.29) is 78.4 Å². The molecule has 4 heterocycles. The molecule has 20 nitrogen and oxygen atoms in total. The number of likely N-dealkylation sites (N-methyl/N-ethyl adjacent to an activating group) is 1. The van der Waals surface area contributed by atoms with E-state index in [4.69, 9.17) is 35.5 Å². The van der Waals surface area contributed by atoms with Crippen LogP contribution in [0.5, 0.6) is 5.75 Å². The zero-order valence-electron chi connectivity index (χ0n) is 49.2. The average molecular weight is 1210 g/mol. The Morgan fingerprint density at radius 3 is 2.26 bits per heavy atom. The van der Waals surface area contributed by atoms with Crippen molar-refractivity contribution in [3.05, 3.63) is 107 Å². The van der Waals surface area contributed by atoms with Gasteiger partial charge in [-0.3, -0.25) is 19.2 Å². The van der Waals surface area contributed by atoms with Crippen molar-refractivity contribution in [1.29, 1.82) is 0 Å². The molecule has 4 amide bonds. The summed E-state index contributed by atoms with van der Waals surface area (Å²) in [4.78, 5) is 75.4. The highest BCUT2D eigenvalue weighted by molar-refractivity contribution is 7.13. The van der Waals surface area contributed by atoms with Gasteiger partial charge in [-0.05, 0) is 91.0 Å². The quantitative estimate of drug-likeness (QED) is 0.0238. The summed E-state index contributed by atoms with van der Waals surface area (Å²) >= 11 is 8.47. The lowest BCUT2D eigenvalue weighted by Crippen LogP contribution is -2.58. The van der Waals surface area contributed by atoms with Gasteiger partial charge in [0.1, 0.15) is 35.8 Å². The molecule has 0 spiro atoms. The van der Waals surface area contributed by atoms with E-state index in [1.54, 1.807) is 28.4 Å². The summed E-state index contributed by atoms with van der Waals surface area (Å²) in [6, 6.07) is 17.8. The van der Waals surface area contributed by atoms with Crippen molar-refractivity contribution in [2.24, 2.45) is 5.41 Å². The number of hydrogen-bond donors (Lipinski definition) is 5. The van der Waals surface area contributed by atoms with Crippen LogP contribution >= 0.6 is 22.9 Å². The van der Waals surface area contributed by atoms with E-state index < -0.39 is 41.2 Å². The Hall–Kier alpha value is -6.89. The molecular formula is C62H78ClFN10O10S. The summed E-state index contributed by atoms with van der Waals surface area (Å²) in [5.74, 6) is -1.41. The predicted molar refractivity (Wildman–Crippen MR) is 328 cm³/mol. The summed E-state index contributed by atoms with van der Waals surface area (Å²) in [6.07, 6.45) is 1.20. The van der Waals surface area contributed by atoms with Crippen molar-refractivity contribution in [2.75, 3.05) is 122 Å². The van der Waals surface area contributed by atoms with E-state index in [2.05, 4.69) is 37.4 Å². The average Bonchev–Trinajstić information content (AvgIpc) is 1.75. The number of rotatable bonds is 28. The highest BCUT2D eigenvalue weighted by Crippen LogP contribution is 2.42. The van der Waals surface area contributed by atoms with Crippen molar-refractivity contribution < 1.29 is 52.7 Å². The Morgan fingerprint density at radius 2 is 1.59 bits per heavy atom. The highest BCUT2D eigenvalue weighted by Gasteiger charge is 2.45. The van der Waals surface area contributed by atoms with Gasteiger partial charge in [0, 0.05) is 63.2 Å². The molecule has 0 aliphatic carbocycles. The molecule has 2 saturated heterocycles. The molecule has 23 heteroatoms. The Bertz CT molecular complexity index is 3290. The third-order valence-electron chi connectivity index (χ3n) is 15.1. The van der Waals surface area contributed by atoms with Gasteiger partial charge < -0.3 is 64.7 Å². The highest BCUT2D eigenvalue weighted by atomic mass is 35.5. The molecule has 0 saturated carbocycles. The molecule has 85 heavy (non-hydrogen) atoms. The number of ether oxygens (including phenoxy) is 4. The molecule has 4 atom stereocenters. The first-order chi connectivity index (χ1) is 40.8. The fourth-order valence-electron chi connectivity index (χ4n) is 10.4. The van der Waals surface area contributed by atoms with E-state index >= 15 is 4.39 Å². The number of phenols is 1. The minimum Gasteiger partial charge on any atom is -0.508 e. The third kappa shape index (κ3) is 16.8. The van der Waals surface area contributed by atoms with Crippen molar-refractivity contribution in [3.8, 4) is 27.3 Å². The number of phenolic OH excluding ortho intramolecular Hbond substituents is 1. The van der Waals surface area contributed by atoms with Crippen molar-refractivity contribution >= 4 is 80.0 Å². The van der Waals surface area contributed by atoms with Gasteiger partial charge in [0.25, 0.3) is 0 Å². The largest absolute Gasteiger partial charge is 0.508 e. The molecule has 2 fully saturated rings.